The average Bonchev–Trinajstić information content (AvgIpc) is 1.84. The molecule has 0 aliphatic rings. The molecule has 12 heavy (non-hydrogen) atoms. The first-order valence-corrected chi connectivity index (χ1v) is 3.73. The number of guanidine groups is 2. The molecule has 0 aliphatic heterocycles. The molecule has 0 saturated carbocycles. The molecule has 0 saturated heterocycles. The standard InChI is InChI=1S/C6H16N6/c1-2-3-4(11-5(7)8)12-6(9)10/h4H,2-3H2,1H3,(H4,7,8,11)(H4,9,10,12). The summed E-state index contributed by atoms with van der Waals surface area (Å²) in [5.74, 6) is -0.00287. The molecule has 0 aromatic rings. The zero-order chi connectivity index (χ0) is 9.56. The molecule has 8 N–H and O–H groups in total. The minimum atomic E-state index is -0.343. The summed E-state index contributed by atoms with van der Waals surface area (Å²) in [6, 6.07) is 0. The van der Waals surface area contributed by atoms with Crippen LogP contribution in [0.4, 0.5) is 0 Å². The third-order valence-electron chi connectivity index (χ3n) is 1.14. The molecule has 0 fully saturated rings. The van der Waals surface area contributed by atoms with Crippen molar-refractivity contribution in [3.8, 4) is 0 Å². The number of hydrogen-bond acceptors (Lipinski definition) is 2. The molecule has 0 rings (SSSR count). The molecule has 0 bridgehead atoms. The van der Waals surface area contributed by atoms with Gasteiger partial charge in [0.1, 0.15) is 6.17 Å². The maximum Gasteiger partial charge on any atom is 0.188 e. The van der Waals surface area contributed by atoms with Crippen molar-refractivity contribution in [3.63, 3.8) is 0 Å². The van der Waals surface area contributed by atoms with Gasteiger partial charge < -0.3 is 22.9 Å². The number of hydrogen-bond donors (Lipinski definition) is 4. The largest absolute Gasteiger partial charge is 0.370 e. The normalized spacial score (nSPS) is 9.50. The van der Waals surface area contributed by atoms with Crippen LogP contribution in [0.1, 0.15) is 19.8 Å². The Kier molecular flexibility index (Phi) is 4.59. The zero-order valence-corrected chi connectivity index (χ0v) is 7.20. The number of nitrogens with zero attached hydrogens (tertiary/aromatic N) is 2. The summed E-state index contributed by atoms with van der Waals surface area (Å²) in [4.78, 5) is 7.66. The fourth-order valence-electron chi connectivity index (χ4n) is 0.760. The van der Waals surface area contributed by atoms with Gasteiger partial charge in [-0.2, -0.15) is 0 Å². The molecule has 0 spiro atoms. The van der Waals surface area contributed by atoms with Crippen molar-refractivity contribution in [2.75, 3.05) is 0 Å². The summed E-state index contributed by atoms with van der Waals surface area (Å²) in [7, 11) is 0. The third-order valence-corrected chi connectivity index (χ3v) is 1.14. The number of rotatable bonds is 4. The molecule has 0 aromatic carbocycles. The van der Waals surface area contributed by atoms with Crippen molar-refractivity contribution >= 4 is 11.9 Å². The lowest BCUT2D eigenvalue weighted by molar-refractivity contribution is 0.629. The Hall–Kier alpha value is -1.46. The minimum Gasteiger partial charge on any atom is -0.370 e. The van der Waals surface area contributed by atoms with E-state index in [4.69, 9.17) is 22.9 Å². The average molecular weight is 172 g/mol. The predicted molar refractivity (Wildman–Crippen MR) is 50.3 cm³/mol. The van der Waals surface area contributed by atoms with Gasteiger partial charge in [-0.1, -0.05) is 13.3 Å². The van der Waals surface area contributed by atoms with Crippen LogP contribution in [0.5, 0.6) is 0 Å². The molecule has 0 amide bonds. The summed E-state index contributed by atoms with van der Waals surface area (Å²) in [6.07, 6.45) is 1.30. The highest BCUT2D eigenvalue weighted by Gasteiger charge is 2.02. The van der Waals surface area contributed by atoms with Gasteiger partial charge in [-0.3, -0.25) is 0 Å². The second-order valence-corrected chi connectivity index (χ2v) is 2.38. The Bertz CT molecular complexity index is 158. The van der Waals surface area contributed by atoms with E-state index >= 15 is 0 Å². The summed E-state index contributed by atoms with van der Waals surface area (Å²) in [6.45, 7) is 2.00. The van der Waals surface area contributed by atoms with Gasteiger partial charge in [0, 0.05) is 0 Å². The SMILES string of the molecule is CCCC(N=C(N)N)N=C(N)N. The Morgan fingerprint density at radius 2 is 1.50 bits per heavy atom. The summed E-state index contributed by atoms with van der Waals surface area (Å²) in [5, 5.41) is 0. The molecule has 0 heterocycles. The van der Waals surface area contributed by atoms with Crippen molar-refractivity contribution < 1.29 is 0 Å². The van der Waals surface area contributed by atoms with Crippen LogP contribution in [0.25, 0.3) is 0 Å². The van der Waals surface area contributed by atoms with Crippen LogP contribution in [0.15, 0.2) is 9.98 Å². The zero-order valence-electron chi connectivity index (χ0n) is 7.20. The minimum absolute atomic E-state index is 0.00144. The van der Waals surface area contributed by atoms with E-state index in [2.05, 4.69) is 9.98 Å². The van der Waals surface area contributed by atoms with Crippen molar-refractivity contribution in [1.29, 1.82) is 0 Å². The molecule has 6 nitrogen and oxygen atoms in total. The van der Waals surface area contributed by atoms with Crippen LogP contribution in [0.3, 0.4) is 0 Å². The van der Waals surface area contributed by atoms with E-state index in [9.17, 15) is 0 Å². The summed E-state index contributed by atoms with van der Waals surface area (Å²) < 4.78 is 0. The van der Waals surface area contributed by atoms with Crippen molar-refractivity contribution in [2.24, 2.45) is 32.9 Å². The molecular formula is C6H16N6. The highest BCUT2D eigenvalue weighted by atomic mass is 15.1. The predicted octanol–water partition coefficient (Wildman–Crippen LogP) is -1.34. The number of aliphatic imine (C=N–C) groups is 2. The van der Waals surface area contributed by atoms with Gasteiger partial charge in [0.15, 0.2) is 11.9 Å². The van der Waals surface area contributed by atoms with E-state index in [1.807, 2.05) is 6.92 Å². The molecule has 0 aromatic heterocycles. The van der Waals surface area contributed by atoms with Gasteiger partial charge in [0.05, 0.1) is 0 Å². The molecule has 0 radical (unpaired) electrons. The van der Waals surface area contributed by atoms with Crippen LogP contribution < -0.4 is 22.9 Å². The molecule has 0 aliphatic carbocycles. The summed E-state index contributed by atoms with van der Waals surface area (Å²) >= 11 is 0. The lowest BCUT2D eigenvalue weighted by atomic mass is 10.3. The van der Waals surface area contributed by atoms with Crippen molar-refractivity contribution in [3.05, 3.63) is 0 Å². The summed E-state index contributed by atoms with van der Waals surface area (Å²) in [5.41, 5.74) is 20.7. The van der Waals surface area contributed by atoms with Crippen LogP contribution in [-0.2, 0) is 0 Å². The van der Waals surface area contributed by atoms with Crippen molar-refractivity contribution in [1.82, 2.24) is 0 Å². The smallest absolute Gasteiger partial charge is 0.188 e. The van der Waals surface area contributed by atoms with E-state index in [0.717, 1.165) is 12.8 Å². The monoisotopic (exact) mass is 172 g/mol. The van der Waals surface area contributed by atoms with Gasteiger partial charge in [-0.15, -0.1) is 0 Å². The van der Waals surface area contributed by atoms with E-state index in [1.54, 1.807) is 0 Å². The van der Waals surface area contributed by atoms with E-state index in [-0.39, 0.29) is 18.1 Å². The van der Waals surface area contributed by atoms with Gasteiger partial charge in [-0.05, 0) is 6.42 Å². The maximum atomic E-state index is 5.18. The van der Waals surface area contributed by atoms with Gasteiger partial charge in [0.25, 0.3) is 0 Å². The first-order chi connectivity index (χ1) is 5.56. The van der Waals surface area contributed by atoms with Crippen LogP contribution in [-0.4, -0.2) is 18.1 Å². The first kappa shape index (κ1) is 10.5. The fourth-order valence-corrected chi connectivity index (χ4v) is 0.760. The van der Waals surface area contributed by atoms with E-state index in [0.29, 0.717) is 0 Å². The molecule has 0 atom stereocenters. The quantitative estimate of drug-likeness (QED) is 0.309. The fraction of sp³-hybridized carbons (Fsp3) is 0.667. The highest BCUT2D eigenvalue weighted by molar-refractivity contribution is 5.77. The van der Waals surface area contributed by atoms with Gasteiger partial charge in [0.2, 0.25) is 0 Å². The maximum absolute atomic E-state index is 5.18. The Morgan fingerprint density at radius 1 is 1.08 bits per heavy atom. The number of nitrogens with two attached hydrogens (primary N) is 4. The molecule has 70 valence electrons. The Labute approximate surface area is 71.7 Å². The Morgan fingerprint density at radius 3 is 1.75 bits per heavy atom. The Balaban J connectivity index is 4.24. The van der Waals surface area contributed by atoms with Crippen LogP contribution >= 0.6 is 0 Å². The second-order valence-electron chi connectivity index (χ2n) is 2.38. The van der Waals surface area contributed by atoms with Gasteiger partial charge >= 0.3 is 0 Å². The highest BCUT2D eigenvalue weighted by Crippen LogP contribution is 2.01. The topological polar surface area (TPSA) is 129 Å². The van der Waals surface area contributed by atoms with E-state index in [1.165, 1.54) is 0 Å². The van der Waals surface area contributed by atoms with Crippen molar-refractivity contribution in [2.45, 2.75) is 25.9 Å². The lowest BCUT2D eigenvalue weighted by Gasteiger charge is -2.05. The third kappa shape index (κ3) is 5.33. The van der Waals surface area contributed by atoms with Gasteiger partial charge in [-0.25, -0.2) is 9.98 Å². The lowest BCUT2D eigenvalue weighted by Crippen LogP contribution is -2.28. The second kappa shape index (κ2) is 5.22. The van der Waals surface area contributed by atoms with Crippen LogP contribution in [0, 0.1) is 0 Å². The molecular weight excluding hydrogens is 156 g/mol. The molecule has 0 unspecified atom stereocenters. The first-order valence-electron chi connectivity index (χ1n) is 3.73. The van der Waals surface area contributed by atoms with Crippen LogP contribution in [0.2, 0.25) is 0 Å². The molecule has 6 heteroatoms. The van der Waals surface area contributed by atoms with E-state index < -0.39 is 0 Å².